The zero-order valence-electron chi connectivity index (χ0n) is 10.3. The van der Waals surface area contributed by atoms with Crippen molar-refractivity contribution in [1.29, 1.82) is 0 Å². The fraction of sp³-hybridized carbons (Fsp3) is 0.909. The van der Waals surface area contributed by atoms with Gasteiger partial charge in [-0.2, -0.15) is 0 Å². The SMILES string of the molecule is CC(C)NC(=S)N1CCCC(N(C)C)C1. The number of nitrogens with zero attached hydrogens (tertiary/aromatic N) is 2. The minimum atomic E-state index is 0.428. The Bertz CT molecular complexity index is 216. The molecule has 0 amide bonds. The van der Waals surface area contributed by atoms with Crippen LogP contribution in [0.4, 0.5) is 0 Å². The number of hydrogen-bond acceptors (Lipinski definition) is 2. The maximum Gasteiger partial charge on any atom is 0.169 e. The molecule has 0 aliphatic carbocycles. The van der Waals surface area contributed by atoms with E-state index in [-0.39, 0.29) is 0 Å². The molecule has 1 unspecified atom stereocenters. The molecule has 1 aliphatic rings. The molecule has 1 rings (SSSR count). The molecule has 3 nitrogen and oxygen atoms in total. The van der Waals surface area contributed by atoms with E-state index in [4.69, 9.17) is 12.2 Å². The van der Waals surface area contributed by atoms with Crippen LogP contribution in [-0.4, -0.2) is 54.2 Å². The standard InChI is InChI=1S/C11H23N3S/c1-9(2)12-11(15)14-7-5-6-10(8-14)13(3)4/h9-10H,5-8H2,1-4H3,(H,12,15). The van der Waals surface area contributed by atoms with Crippen molar-refractivity contribution in [2.45, 2.75) is 38.8 Å². The molecular formula is C11H23N3S. The first-order valence-electron chi connectivity index (χ1n) is 5.72. The van der Waals surface area contributed by atoms with Crippen LogP contribution >= 0.6 is 12.2 Å². The van der Waals surface area contributed by atoms with Gasteiger partial charge in [0, 0.05) is 25.2 Å². The summed E-state index contributed by atoms with van der Waals surface area (Å²) >= 11 is 5.39. The number of rotatable bonds is 2. The second kappa shape index (κ2) is 5.66. The number of likely N-dealkylation sites (tertiary alicyclic amines) is 1. The first-order chi connectivity index (χ1) is 7.00. The van der Waals surface area contributed by atoms with Gasteiger partial charge in [-0.1, -0.05) is 0 Å². The van der Waals surface area contributed by atoms with E-state index in [0.717, 1.165) is 18.2 Å². The first-order valence-corrected chi connectivity index (χ1v) is 6.13. The predicted molar refractivity (Wildman–Crippen MR) is 69.2 cm³/mol. The number of hydrogen-bond donors (Lipinski definition) is 1. The molecule has 0 radical (unpaired) electrons. The lowest BCUT2D eigenvalue weighted by Crippen LogP contribution is -2.51. The van der Waals surface area contributed by atoms with Crippen LogP contribution in [0.25, 0.3) is 0 Å². The van der Waals surface area contributed by atoms with Crippen LogP contribution in [0.15, 0.2) is 0 Å². The Morgan fingerprint density at radius 1 is 1.47 bits per heavy atom. The quantitative estimate of drug-likeness (QED) is 0.719. The van der Waals surface area contributed by atoms with E-state index >= 15 is 0 Å². The van der Waals surface area contributed by atoms with Gasteiger partial charge in [-0.3, -0.25) is 0 Å². The van der Waals surface area contributed by atoms with Crippen LogP contribution < -0.4 is 5.32 Å². The zero-order chi connectivity index (χ0) is 11.4. The largest absolute Gasteiger partial charge is 0.360 e. The maximum absolute atomic E-state index is 5.39. The monoisotopic (exact) mass is 229 g/mol. The number of nitrogens with one attached hydrogen (secondary N) is 1. The highest BCUT2D eigenvalue weighted by Crippen LogP contribution is 2.13. The van der Waals surface area contributed by atoms with E-state index in [1.807, 2.05) is 0 Å². The molecular weight excluding hydrogens is 206 g/mol. The molecule has 88 valence electrons. The van der Waals surface area contributed by atoms with Crippen molar-refractivity contribution in [2.24, 2.45) is 0 Å². The highest BCUT2D eigenvalue weighted by molar-refractivity contribution is 7.80. The lowest BCUT2D eigenvalue weighted by Gasteiger charge is -2.38. The van der Waals surface area contributed by atoms with Crippen molar-refractivity contribution in [3.8, 4) is 0 Å². The van der Waals surface area contributed by atoms with E-state index in [1.165, 1.54) is 12.8 Å². The summed E-state index contributed by atoms with van der Waals surface area (Å²) in [6, 6.07) is 1.07. The van der Waals surface area contributed by atoms with Crippen molar-refractivity contribution in [3.63, 3.8) is 0 Å². The highest BCUT2D eigenvalue weighted by Gasteiger charge is 2.22. The molecule has 1 atom stereocenters. The van der Waals surface area contributed by atoms with Crippen LogP contribution in [0.2, 0.25) is 0 Å². The first kappa shape index (κ1) is 12.7. The van der Waals surface area contributed by atoms with Gasteiger partial charge in [0.1, 0.15) is 0 Å². The topological polar surface area (TPSA) is 18.5 Å². The van der Waals surface area contributed by atoms with Crippen molar-refractivity contribution in [2.75, 3.05) is 27.2 Å². The second-order valence-electron chi connectivity index (χ2n) is 4.81. The maximum atomic E-state index is 5.39. The fourth-order valence-corrected chi connectivity index (χ4v) is 2.30. The summed E-state index contributed by atoms with van der Waals surface area (Å²) in [4.78, 5) is 4.59. The van der Waals surface area contributed by atoms with E-state index in [2.05, 4.69) is 43.1 Å². The van der Waals surface area contributed by atoms with Gasteiger partial charge in [-0.25, -0.2) is 0 Å². The molecule has 0 aromatic carbocycles. The third-order valence-electron chi connectivity index (χ3n) is 2.83. The Hall–Kier alpha value is -0.350. The van der Waals surface area contributed by atoms with Gasteiger partial charge in [0.25, 0.3) is 0 Å². The van der Waals surface area contributed by atoms with Gasteiger partial charge >= 0.3 is 0 Å². The summed E-state index contributed by atoms with van der Waals surface area (Å²) in [6.07, 6.45) is 2.52. The lowest BCUT2D eigenvalue weighted by molar-refractivity contribution is 0.182. The number of piperidine rings is 1. The Balaban J connectivity index is 2.45. The van der Waals surface area contributed by atoms with Crippen LogP contribution in [0.5, 0.6) is 0 Å². The minimum absolute atomic E-state index is 0.428. The third kappa shape index (κ3) is 3.95. The molecule has 1 aliphatic heterocycles. The highest BCUT2D eigenvalue weighted by atomic mass is 32.1. The summed E-state index contributed by atoms with van der Waals surface area (Å²) in [5, 5.41) is 4.22. The predicted octanol–water partition coefficient (Wildman–Crippen LogP) is 1.30. The Morgan fingerprint density at radius 2 is 2.13 bits per heavy atom. The smallest absolute Gasteiger partial charge is 0.169 e. The van der Waals surface area contributed by atoms with E-state index in [9.17, 15) is 0 Å². The third-order valence-corrected chi connectivity index (χ3v) is 3.20. The number of likely N-dealkylation sites (N-methyl/N-ethyl adjacent to an activating group) is 1. The zero-order valence-corrected chi connectivity index (χ0v) is 11.1. The van der Waals surface area contributed by atoms with Crippen LogP contribution in [0, 0.1) is 0 Å². The molecule has 1 fully saturated rings. The van der Waals surface area contributed by atoms with Crippen molar-refractivity contribution in [1.82, 2.24) is 15.1 Å². The molecule has 0 bridgehead atoms. The van der Waals surface area contributed by atoms with Gasteiger partial charge < -0.3 is 15.1 Å². The van der Waals surface area contributed by atoms with Crippen LogP contribution in [0.3, 0.4) is 0 Å². The summed E-state index contributed by atoms with van der Waals surface area (Å²) in [7, 11) is 4.29. The molecule has 1 heterocycles. The summed E-state index contributed by atoms with van der Waals surface area (Å²) < 4.78 is 0. The molecule has 15 heavy (non-hydrogen) atoms. The molecule has 0 spiro atoms. The normalized spacial score (nSPS) is 22.3. The van der Waals surface area contributed by atoms with Crippen molar-refractivity contribution >= 4 is 17.3 Å². The fourth-order valence-electron chi connectivity index (χ4n) is 1.90. The Morgan fingerprint density at radius 3 is 2.67 bits per heavy atom. The Kier molecular flexibility index (Phi) is 4.80. The van der Waals surface area contributed by atoms with Gasteiger partial charge in [0.2, 0.25) is 0 Å². The van der Waals surface area contributed by atoms with Crippen molar-refractivity contribution in [3.05, 3.63) is 0 Å². The van der Waals surface area contributed by atoms with E-state index < -0.39 is 0 Å². The summed E-state index contributed by atoms with van der Waals surface area (Å²) in [5.74, 6) is 0. The number of thiocarbonyl (C=S) groups is 1. The average Bonchev–Trinajstić information content (AvgIpc) is 2.17. The van der Waals surface area contributed by atoms with Gasteiger partial charge in [-0.05, 0) is 53.0 Å². The summed E-state index contributed by atoms with van der Waals surface area (Å²) in [5.41, 5.74) is 0. The molecule has 0 aromatic heterocycles. The van der Waals surface area contributed by atoms with Crippen LogP contribution in [-0.2, 0) is 0 Å². The van der Waals surface area contributed by atoms with Crippen molar-refractivity contribution < 1.29 is 0 Å². The van der Waals surface area contributed by atoms with Gasteiger partial charge in [-0.15, -0.1) is 0 Å². The van der Waals surface area contributed by atoms with Gasteiger partial charge in [0.15, 0.2) is 5.11 Å². The molecule has 0 aromatic rings. The van der Waals surface area contributed by atoms with E-state index in [1.54, 1.807) is 0 Å². The minimum Gasteiger partial charge on any atom is -0.360 e. The summed E-state index contributed by atoms with van der Waals surface area (Å²) in [6.45, 7) is 6.41. The van der Waals surface area contributed by atoms with E-state index in [0.29, 0.717) is 12.1 Å². The molecule has 1 saturated heterocycles. The second-order valence-corrected chi connectivity index (χ2v) is 5.20. The molecule has 4 heteroatoms. The Labute approximate surface area is 98.8 Å². The van der Waals surface area contributed by atoms with Gasteiger partial charge in [0.05, 0.1) is 0 Å². The molecule has 1 N–H and O–H groups in total. The average molecular weight is 229 g/mol. The van der Waals surface area contributed by atoms with Crippen LogP contribution in [0.1, 0.15) is 26.7 Å². The lowest BCUT2D eigenvalue weighted by atomic mass is 10.1. The molecule has 0 saturated carbocycles.